The van der Waals surface area contributed by atoms with Gasteiger partial charge >= 0.3 is 5.63 Å². The number of rotatable bonds is 9. The first kappa shape index (κ1) is 29.2. The van der Waals surface area contributed by atoms with Crippen molar-refractivity contribution in [1.29, 1.82) is 0 Å². The molecule has 7 heteroatoms. The summed E-state index contributed by atoms with van der Waals surface area (Å²) < 4.78 is 5.71. The van der Waals surface area contributed by atoms with Gasteiger partial charge in [-0.15, -0.1) is 0 Å². The highest BCUT2D eigenvalue weighted by atomic mass is 32.1. The molecule has 0 radical (unpaired) electrons. The third-order valence-corrected chi connectivity index (χ3v) is 9.99. The standard InChI is InChI=1S/C38H37N3O3S/c1-2-3-4-9-17-27-21-29-22-31(37(43)44-33(29)23-32(27)42)34-24-39-38(45-34)41-36(26-15-10-6-11-16-26)30-19-12-18-28(35(30)40-41)20-25-13-7-5-8-14-25/h5-8,10-11,13-16,20-24,30,36,42H,2-4,9,12,17-19H2,1H3. The second kappa shape index (κ2) is 12.9. The number of aryl methyl sites for hydroxylation is 1. The van der Waals surface area contributed by atoms with Crippen molar-refractivity contribution in [2.45, 2.75) is 64.3 Å². The van der Waals surface area contributed by atoms with Crippen LogP contribution in [0.25, 0.3) is 27.5 Å². The Hall–Kier alpha value is -4.49. The lowest BCUT2D eigenvalue weighted by molar-refractivity contribution is 0.464. The lowest BCUT2D eigenvalue weighted by atomic mass is 9.77. The quantitative estimate of drug-likeness (QED) is 0.132. The number of hydrogen-bond acceptors (Lipinski definition) is 7. The van der Waals surface area contributed by atoms with Crippen LogP contribution in [0.3, 0.4) is 0 Å². The van der Waals surface area contributed by atoms with Crippen molar-refractivity contribution in [1.82, 2.24) is 4.98 Å². The second-order valence-electron chi connectivity index (χ2n) is 12.0. The number of allylic oxidation sites excluding steroid dienone is 1. The third kappa shape index (κ3) is 5.97. The summed E-state index contributed by atoms with van der Waals surface area (Å²) in [5.41, 5.74) is 6.09. The number of anilines is 1. The predicted octanol–water partition coefficient (Wildman–Crippen LogP) is 9.55. The predicted molar refractivity (Wildman–Crippen MR) is 184 cm³/mol. The zero-order valence-electron chi connectivity index (χ0n) is 25.5. The third-order valence-electron chi connectivity index (χ3n) is 8.97. The van der Waals surface area contributed by atoms with E-state index in [-0.39, 0.29) is 17.7 Å². The largest absolute Gasteiger partial charge is 0.508 e. The molecule has 2 atom stereocenters. The average molecular weight is 616 g/mol. The van der Waals surface area contributed by atoms with E-state index < -0.39 is 5.63 Å². The topological polar surface area (TPSA) is 78.9 Å². The fourth-order valence-electron chi connectivity index (χ4n) is 6.70. The zero-order valence-corrected chi connectivity index (χ0v) is 26.3. The molecule has 1 aliphatic carbocycles. The van der Waals surface area contributed by atoms with Crippen LogP contribution in [0.4, 0.5) is 5.13 Å². The van der Waals surface area contributed by atoms with Gasteiger partial charge in [0, 0.05) is 23.6 Å². The lowest BCUT2D eigenvalue weighted by Crippen LogP contribution is -2.27. The molecule has 1 N–H and O–H groups in total. The molecule has 3 heterocycles. The van der Waals surface area contributed by atoms with E-state index in [2.05, 4.69) is 66.5 Å². The number of benzene rings is 3. The summed E-state index contributed by atoms with van der Waals surface area (Å²) in [4.78, 5) is 18.8. The van der Waals surface area contributed by atoms with Gasteiger partial charge in [-0.05, 0) is 72.6 Å². The van der Waals surface area contributed by atoms with E-state index in [1.165, 1.54) is 34.5 Å². The molecule has 1 fully saturated rings. The summed E-state index contributed by atoms with van der Waals surface area (Å²) in [6.45, 7) is 2.19. The van der Waals surface area contributed by atoms with E-state index in [1.54, 1.807) is 12.3 Å². The SMILES string of the molecule is CCCCCCc1cc2cc(-c3cnc(N4N=C5C(=Cc6ccccc6)CCCC5C4c4ccccc4)s3)c(=O)oc2cc1O. The van der Waals surface area contributed by atoms with Crippen LogP contribution >= 0.6 is 11.3 Å². The Morgan fingerprint density at radius 1 is 1.02 bits per heavy atom. The summed E-state index contributed by atoms with van der Waals surface area (Å²) in [7, 11) is 0. The van der Waals surface area contributed by atoms with E-state index in [4.69, 9.17) is 14.5 Å². The molecule has 1 aliphatic heterocycles. The number of nitrogens with zero attached hydrogens (tertiary/aromatic N) is 3. The monoisotopic (exact) mass is 615 g/mol. The minimum Gasteiger partial charge on any atom is -0.508 e. The van der Waals surface area contributed by atoms with Crippen LogP contribution in [0.2, 0.25) is 0 Å². The number of phenolic OH excluding ortho intramolecular Hbond substituents is 1. The Labute approximate surface area is 267 Å². The molecule has 2 aliphatic rings. The molecule has 5 aromatic rings. The van der Waals surface area contributed by atoms with Crippen LogP contribution in [-0.4, -0.2) is 15.8 Å². The van der Waals surface area contributed by atoms with Crippen molar-refractivity contribution >= 4 is 39.2 Å². The van der Waals surface area contributed by atoms with Gasteiger partial charge in [0.25, 0.3) is 0 Å². The first-order valence-electron chi connectivity index (χ1n) is 16.0. The minimum atomic E-state index is -0.443. The molecule has 1 saturated carbocycles. The van der Waals surface area contributed by atoms with Gasteiger partial charge in [0.2, 0.25) is 5.13 Å². The Bertz CT molecular complexity index is 1930. The van der Waals surface area contributed by atoms with Crippen LogP contribution in [-0.2, 0) is 6.42 Å². The van der Waals surface area contributed by atoms with Gasteiger partial charge in [-0.3, -0.25) is 0 Å². The number of unbranched alkanes of at least 4 members (excludes halogenated alkanes) is 3. The van der Waals surface area contributed by atoms with Crippen LogP contribution in [0.15, 0.2) is 105 Å². The molecule has 2 aromatic heterocycles. The van der Waals surface area contributed by atoms with Crippen molar-refractivity contribution in [2.24, 2.45) is 11.0 Å². The first-order valence-corrected chi connectivity index (χ1v) is 16.9. The molecule has 6 nitrogen and oxygen atoms in total. The fourth-order valence-corrected chi connectivity index (χ4v) is 7.61. The fraction of sp³-hybridized carbons (Fsp3) is 0.289. The van der Waals surface area contributed by atoms with E-state index in [9.17, 15) is 9.90 Å². The van der Waals surface area contributed by atoms with Crippen molar-refractivity contribution in [3.8, 4) is 16.2 Å². The van der Waals surface area contributed by atoms with Gasteiger partial charge in [0.15, 0.2) is 0 Å². The minimum absolute atomic E-state index is 0.0194. The number of thiazole rings is 1. The van der Waals surface area contributed by atoms with E-state index in [0.717, 1.165) is 71.6 Å². The van der Waals surface area contributed by atoms with Gasteiger partial charge < -0.3 is 9.52 Å². The zero-order chi connectivity index (χ0) is 30.8. The van der Waals surface area contributed by atoms with E-state index in [1.807, 2.05) is 24.3 Å². The molecule has 7 rings (SSSR count). The van der Waals surface area contributed by atoms with Gasteiger partial charge in [-0.25, -0.2) is 14.8 Å². The summed E-state index contributed by atoms with van der Waals surface area (Å²) >= 11 is 1.46. The first-order chi connectivity index (χ1) is 22.1. The van der Waals surface area contributed by atoms with Crippen molar-refractivity contribution in [2.75, 3.05) is 5.01 Å². The molecular weight excluding hydrogens is 579 g/mol. The Kier molecular flexibility index (Phi) is 8.35. The average Bonchev–Trinajstić information content (AvgIpc) is 3.70. The molecule has 0 saturated heterocycles. The van der Waals surface area contributed by atoms with Crippen LogP contribution in [0.1, 0.15) is 74.6 Å². The molecule has 2 unspecified atom stereocenters. The number of fused-ring (bicyclic) bond motifs is 2. The van der Waals surface area contributed by atoms with Gasteiger partial charge in [-0.1, -0.05) is 98.2 Å². The summed E-state index contributed by atoms with van der Waals surface area (Å²) in [5.74, 6) is 0.426. The number of hydrogen-bond donors (Lipinski definition) is 1. The van der Waals surface area contributed by atoms with Crippen LogP contribution < -0.4 is 10.6 Å². The maximum atomic E-state index is 13.2. The highest BCUT2D eigenvalue weighted by Gasteiger charge is 2.42. The van der Waals surface area contributed by atoms with E-state index in [0.29, 0.717) is 11.1 Å². The molecule has 0 spiro atoms. The number of hydrazone groups is 1. The molecule has 0 amide bonds. The van der Waals surface area contributed by atoms with Crippen LogP contribution in [0.5, 0.6) is 5.75 Å². The Balaban J connectivity index is 1.25. The van der Waals surface area contributed by atoms with Crippen molar-refractivity contribution < 1.29 is 9.52 Å². The normalized spacial score (nSPS) is 18.8. The summed E-state index contributed by atoms with van der Waals surface area (Å²) in [6.07, 6.45) is 12.5. The lowest BCUT2D eigenvalue weighted by Gasteiger charge is -2.29. The summed E-state index contributed by atoms with van der Waals surface area (Å²) in [6, 6.07) is 26.4. The molecule has 3 aromatic carbocycles. The molecule has 228 valence electrons. The molecule has 0 bridgehead atoms. The molecular formula is C38H37N3O3S. The Morgan fingerprint density at radius 3 is 2.62 bits per heavy atom. The number of phenols is 1. The summed E-state index contributed by atoms with van der Waals surface area (Å²) in [5, 5.41) is 19.5. The maximum Gasteiger partial charge on any atom is 0.345 e. The second-order valence-corrected chi connectivity index (χ2v) is 13.1. The highest BCUT2D eigenvalue weighted by Crippen LogP contribution is 2.47. The van der Waals surface area contributed by atoms with Crippen molar-refractivity contribution in [3.05, 3.63) is 118 Å². The van der Waals surface area contributed by atoms with Crippen LogP contribution in [0, 0.1) is 5.92 Å². The maximum absolute atomic E-state index is 13.2. The van der Waals surface area contributed by atoms with Gasteiger partial charge in [0.1, 0.15) is 11.3 Å². The van der Waals surface area contributed by atoms with Crippen molar-refractivity contribution in [3.63, 3.8) is 0 Å². The Morgan fingerprint density at radius 2 is 1.82 bits per heavy atom. The number of aromatic nitrogens is 1. The smallest absolute Gasteiger partial charge is 0.345 e. The molecule has 45 heavy (non-hydrogen) atoms. The number of aromatic hydroxyl groups is 1. The van der Waals surface area contributed by atoms with Gasteiger partial charge in [-0.2, -0.15) is 5.10 Å². The van der Waals surface area contributed by atoms with E-state index >= 15 is 0 Å². The van der Waals surface area contributed by atoms with Gasteiger partial charge in [0.05, 0.1) is 22.2 Å². The highest BCUT2D eigenvalue weighted by molar-refractivity contribution is 7.18.